The standard InChI is InChI=1S/C13H22N4O/c1-3-14-13-15-7-4-12(16-13)17(2)10-11-5-8-18-9-6-11/h4,7,11H,3,5-6,8-10H2,1-2H3,(H,14,15,16). The first-order chi connectivity index (χ1) is 8.79. The molecule has 0 aliphatic carbocycles. The Hall–Kier alpha value is -1.36. The van der Waals surface area contributed by atoms with Gasteiger partial charge in [0.1, 0.15) is 5.82 Å². The summed E-state index contributed by atoms with van der Waals surface area (Å²) in [5, 5.41) is 3.14. The molecule has 0 saturated carbocycles. The molecule has 100 valence electrons. The fraction of sp³-hybridized carbons (Fsp3) is 0.692. The third kappa shape index (κ3) is 3.57. The molecule has 2 rings (SSSR count). The molecule has 0 aromatic carbocycles. The third-order valence-electron chi connectivity index (χ3n) is 3.24. The van der Waals surface area contributed by atoms with Crippen LogP contribution in [0.1, 0.15) is 19.8 Å². The van der Waals surface area contributed by atoms with Crippen LogP contribution in [0.3, 0.4) is 0 Å². The summed E-state index contributed by atoms with van der Waals surface area (Å²) in [7, 11) is 2.09. The fourth-order valence-electron chi connectivity index (χ4n) is 2.21. The van der Waals surface area contributed by atoms with Crippen LogP contribution in [-0.4, -0.2) is 43.3 Å². The predicted molar refractivity (Wildman–Crippen MR) is 73.0 cm³/mol. The van der Waals surface area contributed by atoms with E-state index in [1.54, 1.807) is 6.20 Å². The van der Waals surface area contributed by atoms with Crippen LogP contribution in [0.25, 0.3) is 0 Å². The van der Waals surface area contributed by atoms with Crippen molar-refractivity contribution < 1.29 is 4.74 Å². The van der Waals surface area contributed by atoms with Gasteiger partial charge in [0.2, 0.25) is 5.95 Å². The van der Waals surface area contributed by atoms with E-state index < -0.39 is 0 Å². The van der Waals surface area contributed by atoms with E-state index in [-0.39, 0.29) is 0 Å². The summed E-state index contributed by atoms with van der Waals surface area (Å²) in [5.41, 5.74) is 0. The van der Waals surface area contributed by atoms with E-state index in [2.05, 4.69) is 27.2 Å². The van der Waals surface area contributed by atoms with Crippen molar-refractivity contribution in [2.45, 2.75) is 19.8 Å². The van der Waals surface area contributed by atoms with Gasteiger partial charge in [-0.25, -0.2) is 4.98 Å². The second kappa shape index (κ2) is 6.54. The maximum atomic E-state index is 5.38. The lowest BCUT2D eigenvalue weighted by atomic mass is 10.00. The minimum absolute atomic E-state index is 0.703. The third-order valence-corrected chi connectivity index (χ3v) is 3.24. The van der Waals surface area contributed by atoms with Crippen LogP contribution >= 0.6 is 0 Å². The number of hydrogen-bond donors (Lipinski definition) is 1. The van der Waals surface area contributed by atoms with Gasteiger partial charge < -0.3 is 15.0 Å². The Labute approximate surface area is 109 Å². The van der Waals surface area contributed by atoms with Crippen LogP contribution in [0.2, 0.25) is 0 Å². The molecule has 2 heterocycles. The summed E-state index contributed by atoms with van der Waals surface area (Å²) >= 11 is 0. The first-order valence-corrected chi connectivity index (χ1v) is 6.65. The van der Waals surface area contributed by atoms with Gasteiger partial charge in [-0.05, 0) is 31.7 Å². The number of aromatic nitrogens is 2. The van der Waals surface area contributed by atoms with E-state index in [0.717, 1.165) is 45.0 Å². The van der Waals surface area contributed by atoms with Crippen molar-refractivity contribution in [1.82, 2.24) is 9.97 Å². The SMILES string of the molecule is CCNc1nccc(N(C)CC2CCOCC2)n1. The Morgan fingerprint density at radius 2 is 2.22 bits per heavy atom. The average molecular weight is 250 g/mol. The minimum Gasteiger partial charge on any atom is -0.381 e. The zero-order valence-corrected chi connectivity index (χ0v) is 11.2. The zero-order valence-electron chi connectivity index (χ0n) is 11.2. The predicted octanol–water partition coefficient (Wildman–Crippen LogP) is 1.77. The highest BCUT2D eigenvalue weighted by Crippen LogP contribution is 2.18. The van der Waals surface area contributed by atoms with Crippen LogP contribution in [0.15, 0.2) is 12.3 Å². The zero-order chi connectivity index (χ0) is 12.8. The Kier molecular flexibility index (Phi) is 4.75. The lowest BCUT2D eigenvalue weighted by molar-refractivity contribution is 0.0685. The monoisotopic (exact) mass is 250 g/mol. The van der Waals surface area contributed by atoms with E-state index in [1.807, 2.05) is 13.0 Å². The van der Waals surface area contributed by atoms with Crippen molar-refractivity contribution in [2.24, 2.45) is 5.92 Å². The molecule has 1 aliphatic rings. The van der Waals surface area contributed by atoms with Crippen molar-refractivity contribution in [2.75, 3.05) is 43.6 Å². The topological polar surface area (TPSA) is 50.3 Å². The summed E-state index contributed by atoms with van der Waals surface area (Å²) in [5.74, 6) is 2.39. The lowest BCUT2D eigenvalue weighted by Crippen LogP contribution is -2.30. The van der Waals surface area contributed by atoms with E-state index in [0.29, 0.717) is 11.9 Å². The number of rotatable bonds is 5. The fourth-order valence-corrected chi connectivity index (χ4v) is 2.21. The van der Waals surface area contributed by atoms with Crippen molar-refractivity contribution in [1.29, 1.82) is 0 Å². The van der Waals surface area contributed by atoms with Crippen LogP contribution in [-0.2, 0) is 4.74 Å². The molecule has 0 unspecified atom stereocenters. The van der Waals surface area contributed by atoms with Gasteiger partial charge in [-0.3, -0.25) is 0 Å². The van der Waals surface area contributed by atoms with E-state index in [4.69, 9.17) is 4.74 Å². The summed E-state index contributed by atoms with van der Waals surface area (Å²) in [6.45, 7) is 5.71. The number of nitrogens with one attached hydrogen (secondary N) is 1. The quantitative estimate of drug-likeness (QED) is 0.863. The van der Waals surface area contributed by atoms with Crippen molar-refractivity contribution in [3.63, 3.8) is 0 Å². The summed E-state index contributed by atoms with van der Waals surface area (Å²) in [6, 6.07) is 1.96. The normalized spacial score (nSPS) is 16.6. The molecule has 0 spiro atoms. The highest BCUT2D eigenvalue weighted by atomic mass is 16.5. The molecule has 1 aromatic heterocycles. The highest BCUT2D eigenvalue weighted by Gasteiger charge is 2.16. The Bertz CT molecular complexity index is 366. The van der Waals surface area contributed by atoms with Gasteiger partial charge in [0.25, 0.3) is 0 Å². The first-order valence-electron chi connectivity index (χ1n) is 6.65. The minimum atomic E-state index is 0.703. The van der Waals surface area contributed by atoms with Gasteiger partial charge in [0.05, 0.1) is 0 Å². The van der Waals surface area contributed by atoms with Gasteiger partial charge in [0, 0.05) is 39.5 Å². The van der Waals surface area contributed by atoms with Crippen LogP contribution in [0.4, 0.5) is 11.8 Å². The largest absolute Gasteiger partial charge is 0.381 e. The molecule has 0 radical (unpaired) electrons. The van der Waals surface area contributed by atoms with E-state index in [9.17, 15) is 0 Å². The van der Waals surface area contributed by atoms with Crippen molar-refractivity contribution >= 4 is 11.8 Å². The molecule has 0 amide bonds. The van der Waals surface area contributed by atoms with Crippen molar-refractivity contribution in [3.8, 4) is 0 Å². The van der Waals surface area contributed by atoms with Gasteiger partial charge >= 0.3 is 0 Å². The second-order valence-corrected chi connectivity index (χ2v) is 4.71. The van der Waals surface area contributed by atoms with Gasteiger partial charge in [-0.2, -0.15) is 4.98 Å². The molecule has 1 saturated heterocycles. The molecule has 1 fully saturated rings. The number of hydrogen-bond acceptors (Lipinski definition) is 5. The maximum absolute atomic E-state index is 5.38. The molecule has 1 N–H and O–H groups in total. The lowest BCUT2D eigenvalue weighted by Gasteiger charge is -2.27. The molecule has 0 atom stereocenters. The van der Waals surface area contributed by atoms with Crippen molar-refractivity contribution in [3.05, 3.63) is 12.3 Å². The van der Waals surface area contributed by atoms with Gasteiger partial charge in [0.15, 0.2) is 0 Å². The van der Waals surface area contributed by atoms with Crippen LogP contribution in [0, 0.1) is 5.92 Å². The molecule has 18 heavy (non-hydrogen) atoms. The smallest absolute Gasteiger partial charge is 0.224 e. The first kappa shape index (κ1) is 13.1. The Balaban J connectivity index is 1.94. The number of anilines is 2. The molecule has 1 aromatic rings. The Morgan fingerprint density at radius 3 is 2.94 bits per heavy atom. The molecule has 0 bridgehead atoms. The van der Waals surface area contributed by atoms with Gasteiger partial charge in [-0.15, -0.1) is 0 Å². The molecule has 5 nitrogen and oxygen atoms in total. The summed E-state index contributed by atoms with van der Waals surface area (Å²) < 4.78 is 5.38. The molecular formula is C13H22N4O. The molecular weight excluding hydrogens is 228 g/mol. The second-order valence-electron chi connectivity index (χ2n) is 4.71. The van der Waals surface area contributed by atoms with Crippen LogP contribution < -0.4 is 10.2 Å². The van der Waals surface area contributed by atoms with Crippen LogP contribution in [0.5, 0.6) is 0 Å². The molecule has 5 heteroatoms. The number of nitrogens with zero attached hydrogens (tertiary/aromatic N) is 3. The van der Waals surface area contributed by atoms with E-state index in [1.165, 1.54) is 0 Å². The van der Waals surface area contributed by atoms with Gasteiger partial charge in [-0.1, -0.05) is 0 Å². The number of ether oxygens (including phenoxy) is 1. The van der Waals surface area contributed by atoms with E-state index >= 15 is 0 Å². The summed E-state index contributed by atoms with van der Waals surface area (Å²) in [4.78, 5) is 10.9. The maximum Gasteiger partial charge on any atom is 0.224 e. The highest BCUT2D eigenvalue weighted by molar-refractivity contribution is 5.41. The molecule has 1 aliphatic heterocycles. The Morgan fingerprint density at radius 1 is 1.44 bits per heavy atom. The summed E-state index contributed by atoms with van der Waals surface area (Å²) in [6.07, 6.45) is 4.10. The average Bonchev–Trinajstić information content (AvgIpc) is 2.40.